The molecule has 0 atom stereocenters. The molecule has 0 fully saturated rings. The minimum absolute atomic E-state index is 0.155. The number of rotatable bonds is 1. The number of aromatic amines is 1. The summed E-state index contributed by atoms with van der Waals surface area (Å²) in [7, 11) is -3.14. The van der Waals surface area contributed by atoms with Crippen molar-refractivity contribution >= 4 is 12.6 Å². The molecule has 0 saturated carbocycles. The highest BCUT2D eigenvalue weighted by atomic mass is 31.2. The maximum Gasteiger partial charge on any atom is 0.271 e. The van der Waals surface area contributed by atoms with Crippen molar-refractivity contribution in [1.29, 1.82) is 0 Å². The molecule has 5 heteroatoms. The molecule has 1 aromatic rings. The predicted octanol–water partition coefficient (Wildman–Crippen LogP) is -0.0255. The highest BCUT2D eigenvalue weighted by molar-refractivity contribution is 7.80. The van der Waals surface area contributed by atoms with E-state index in [1.807, 2.05) is 11.3 Å². The molecular weight excluding hydrogens is 161 g/mol. The van der Waals surface area contributed by atoms with Crippen LogP contribution in [0.3, 0.4) is 0 Å². The van der Waals surface area contributed by atoms with Crippen molar-refractivity contribution in [2.45, 2.75) is 0 Å². The topological polar surface area (TPSA) is 58.6 Å². The van der Waals surface area contributed by atoms with Crippen LogP contribution in [0.5, 0.6) is 0 Å². The van der Waals surface area contributed by atoms with Gasteiger partial charge in [0.25, 0.3) is 7.14 Å². The molecule has 1 aromatic heterocycles. The summed E-state index contributed by atoms with van der Waals surface area (Å²) in [5, 5.41) is 9.27. The minimum Gasteiger partial charge on any atom is -0.289 e. The van der Waals surface area contributed by atoms with Gasteiger partial charge in [-0.25, -0.2) is 0 Å². The largest absolute Gasteiger partial charge is 0.289 e. The van der Waals surface area contributed by atoms with E-state index < -0.39 is 7.14 Å². The molecule has 0 aliphatic heterocycles. The van der Waals surface area contributed by atoms with E-state index in [1.54, 1.807) is 0 Å². The molecule has 0 saturated heterocycles. The van der Waals surface area contributed by atoms with Crippen LogP contribution in [0.25, 0.3) is 0 Å². The van der Waals surface area contributed by atoms with Crippen LogP contribution in [0, 0.1) is 24.2 Å². The standard InChI is InChI=1S/C6H4N3OP/c1-3-11(10,4-2)6-5-7-9-8-6/h1-2,5H,(H,7,8,9). The van der Waals surface area contributed by atoms with Gasteiger partial charge in [-0.1, -0.05) is 0 Å². The first-order valence-electron chi connectivity index (χ1n) is 2.65. The van der Waals surface area contributed by atoms with Gasteiger partial charge in [0, 0.05) is 0 Å². The zero-order valence-corrected chi connectivity index (χ0v) is 6.38. The second-order valence-electron chi connectivity index (χ2n) is 1.70. The van der Waals surface area contributed by atoms with E-state index in [1.165, 1.54) is 6.20 Å². The number of hydrogen-bond acceptors (Lipinski definition) is 3. The number of H-pyrrole nitrogens is 1. The van der Waals surface area contributed by atoms with Gasteiger partial charge < -0.3 is 0 Å². The summed E-state index contributed by atoms with van der Waals surface area (Å²) in [5.74, 6) is 0. The van der Waals surface area contributed by atoms with Crippen LogP contribution in [-0.4, -0.2) is 15.4 Å². The smallest absolute Gasteiger partial charge is 0.271 e. The summed E-state index contributed by atoms with van der Waals surface area (Å²) in [5.41, 5.74) is 4.21. The summed E-state index contributed by atoms with van der Waals surface area (Å²) in [6, 6.07) is 0. The molecule has 1 rings (SSSR count). The Morgan fingerprint density at radius 2 is 2.18 bits per heavy atom. The minimum atomic E-state index is -3.14. The number of nitrogens with zero attached hydrogens (tertiary/aromatic N) is 2. The lowest BCUT2D eigenvalue weighted by Crippen LogP contribution is -2.02. The van der Waals surface area contributed by atoms with Gasteiger partial charge in [0.15, 0.2) is 5.44 Å². The maximum atomic E-state index is 11.4. The molecule has 0 spiro atoms. The van der Waals surface area contributed by atoms with E-state index >= 15 is 0 Å². The number of aromatic nitrogens is 3. The zero-order chi connectivity index (χ0) is 8.32. The highest BCUT2D eigenvalue weighted by Gasteiger charge is 2.21. The number of nitrogens with one attached hydrogen (secondary N) is 1. The first-order chi connectivity index (χ1) is 5.23. The maximum absolute atomic E-state index is 11.4. The Hall–Kier alpha value is -1.51. The number of terminal acetylenes is 2. The average Bonchev–Trinajstić information content (AvgIpc) is 2.55. The molecule has 11 heavy (non-hydrogen) atoms. The van der Waals surface area contributed by atoms with Crippen LogP contribution in [0.15, 0.2) is 6.20 Å². The Labute approximate surface area is 63.8 Å². The average molecular weight is 165 g/mol. The Kier molecular flexibility index (Phi) is 1.81. The van der Waals surface area contributed by atoms with Crippen molar-refractivity contribution in [1.82, 2.24) is 15.4 Å². The number of hydrogen-bond donors (Lipinski definition) is 1. The van der Waals surface area contributed by atoms with Crippen LogP contribution < -0.4 is 5.44 Å². The highest BCUT2D eigenvalue weighted by Crippen LogP contribution is 2.39. The third-order valence-corrected chi connectivity index (χ3v) is 2.68. The molecule has 1 heterocycles. The molecule has 0 unspecified atom stereocenters. The zero-order valence-electron chi connectivity index (χ0n) is 5.48. The molecule has 0 radical (unpaired) electrons. The van der Waals surface area contributed by atoms with Crippen molar-refractivity contribution in [3.8, 4) is 24.2 Å². The quantitative estimate of drug-likeness (QED) is 0.469. The fourth-order valence-electron chi connectivity index (χ4n) is 0.517. The summed E-state index contributed by atoms with van der Waals surface area (Å²) >= 11 is 0. The van der Waals surface area contributed by atoms with Gasteiger partial charge in [-0.05, 0) is 11.3 Å². The molecular formula is C6H4N3OP. The van der Waals surface area contributed by atoms with E-state index in [0.717, 1.165) is 0 Å². The molecule has 0 aromatic carbocycles. The van der Waals surface area contributed by atoms with E-state index in [0.29, 0.717) is 0 Å². The predicted molar refractivity (Wildman–Crippen MR) is 41.3 cm³/mol. The third-order valence-electron chi connectivity index (χ3n) is 1.09. The first-order valence-corrected chi connectivity index (χ1v) is 4.36. The van der Waals surface area contributed by atoms with Crippen LogP contribution in [0.2, 0.25) is 0 Å². The lowest BCUT2D eigenvalue weighted by atomic mass is 10.9. The second-order valence-corrected chi connectivity index (χ2v) is 3.89. The lowest BCUT2D eigenvalue weighted by molar-refractivity contribution is 0.593. The molecule has 0 aliphatic rings. The lowest BCUT2D eigenvalue weighted by Gasteiger charge is -1.95. The molecule has 0 aliphatic carbocycles. The van der Waals surface area contributed by atoms with Gasteiger partial charge in [0.05, 0.1) is 6.20 Å². The summed E-state index contributed by atoms with van der Waals surface area (Å²) in [6.07, 6.45) is 11.2. The van der Waals surface area contributed by atoms with Crippen LogP contribution >= 0.6 is 7.14 Å². The van der Waals surface area contributed by atoms with E-state index in [2.05, 4.69) is 15.4 Å². The van der Waals surface area contributed by atoms with Crippen molar-refractivity contribution in [3.05, 3.63) is 6.20 Å². The summed E-state index contributed by atoms with van der Waals surface area (Å²) in [4.78, 5) is 0. The van der Waals surface area contributed by atoms with E-state index in [9.17, 15) is 4.57 Å². The van der Waals surface area contributed by atoms with Gasteiger partial charge in [-0.2, -0.15) is 15.4 Å². The van der Waals surface area contributed by atoms with Gasteiger partial charge >= 0.3 is 0 Å². The fraction of sp³-hybridized carbons (Fsp3) is 0. The summed E-state index contributed by atoms with van der Waals surface area (Å²) < 4.78 is 11.4. The normalized spacial score (nSPS) is 10.0. The van der Waals surface area contributed by atoms with Gasteiger partial charge in [-0.3, -0.25) is 4.57 Å². The first kappa shape index (κ1) is 7.60. The van der Waals surface area contributed by atoms with Crippen molar-refractivity contribution in [2.75, 3.05) is 0 Å². The second kappa shape index (κ2) is 2.62. The third kappa shape index (κ3) is 1.17. The SMILES string of the molecule is C#CP(=O)(C#C)c1cn[nH]n1. The van der Waals surface area contributed by atoms with E-state index in [-0.39, 0.29) is 5.44 Å². The Bertz CT molecular complexity index is 350. The van der Waals surface area contributed by atoms with Gasteiger partial charge in [-0.15, -0.1) is 12.8 Å². The van der Waals surface area contributed by atoms with Crippen molar-refractivity contribution in [3.63, 3.8) is 0 Å². The molecule has 54 valence electrons. The molecule has 0 amide bonds. The van der Waals surface area contributed by atoms with Crippen molar-refractivity contribution in [2.24, 2.45) is 0 Å². The van der Waals surface area contributed by atoms with Crippen LogP contribution in [0.4, 0.5) is 0 Å². The van der Waals surface area contributed by atoms with Gasteiger partial charge in [0.1, 0.15) is 0 Å². The molecule has 0 bridgehead atoms. The monoisotopic (exact) mass is 165 g/mol. The Morgan fingerprint density at radius 1 is 1.55 bits per heavy atom. The van der Waals surface area contributed by atoms with Gasteiger partial charge in [0.2, 0.25) is 0 Å². The van der Waals surface area contributed by atoms with Crippen LogP contribution in [0.1, 0.15) is 0 Å². The molecule has 4 nitrogen and oxygen atoms in total. The summed E-state index contributed by atoms with van der Waals surface area (Å²) in [6.45, 7) is 0. The Balaban J connectivity index is 3.24. The van der Waals surface area contributed by atoms with Crippen LogP contribution in [-0.2, 0) is 4.57 Å². The van der Waals surface area contributed by atoms with E-state index in [4.69, 9.17) is 12.8 Å². The van der Waals surface area contributed by atoms with Crippen molar-refractivity contribution < 1.29 is 4.57 Å². The fourth-order valence-corrected chi connectivity index (χ4v) is 1.26. The molecule has 1 N–H and O–H groups in total. The Morgan fingerprint density at radius 3 is 2.55 bits per heavy atom.